The summed E-state index contributed by atoms with van der Waals surface area (Å²) in [6, 6.07) is 4.44. The number of nitrogens with one attached hydrogen (secondary N) is 1. The Morgan fingerprint density at radius 1 is 0.897 bits per heavy atom. The first-order valence-corrected chi connectivity index (χ1v) is 9.68. The Hall–Kier alpha value is -2.11. The van der Waals surface area contributed by atoms with E-state index in [1.165, 1.54) is 17.4 Å². The Kier molecular flexibility index (Phi) is 5.83. The molecule has 0 spiro atoms. The molecular weight excluding hydrogens is 455 g/mol. The molecule has 2 aromatic rings. The summed E-state index contributed by atoms with van der Waals surface area (Å²) in [5.74, 6) is -0.463. The monoisotopic (exact) mass is 465 g/mol. The van der Waals surface area contributed by atoms with E-state index in [1.807, 2.05) is 0 Å². The molecule has 14 heteroatoms. The van der Waals surface area contributed by atoms with Gasteiger partial charge in [0.05, 0.1) is 0 Å². The molecule has 29 heavy (non-hydrogen) atoms. The normalized spacial score (nSPS) is 14.1. The fourth-order valence-corrected chi connectivity index (χ4v) is 3.02. The van der Waals surface area contributed by atoms with Gasteiger partial charge in [0.1, 0.15) is 0 Å². The third-order valence-corrected chi connectivity index (χ3v) is 4.90. The average molecular weight is 466 g/mol. The summed E-state index contributed by atoms with van der Waals surface area (Å²) in [5.41, 5.74) is -6.80. The van der Waals surface area contributed by atoms with E-state index in [1.54, 1.807) is 0 Å². The van der Waals surface area contributed by atoms with Gasteiger partial charge in [-0.05, 0) is 0 Å². The first kappa shape index (κ1) is 23.2. The van der Waals surface area contributed by atoms with Crippen molar-refractivity contribution in [1.82, 2.24) is 0 Å². The molecule has 2 rings (SSSR count). The molecule has 160 valence electrons. The number of amides is 1. The van der Waals surface area contributed by atoms with Gasteiger partial charge in [-0.25, -0.2) is 0 Å². The maximum absolute atomic E-state index is 12.8. The number of carbonyl (C=O) groups is 1. The van der Waals surface area contributed by atoms with Crippen molar-refractivity contribution >= 4 is 30.4 Å². The Labute approximate surface area is 163 Å². The van der Waals surface area contributed by atoms with Crippen LogP contribution in [0.2, 0.25) is 5.02 Å². The third-order valence-electron chi connectivity index (χ3n) is 3.28. The van der Waals surface area contributed by atoms with E-state index in [2.05, 4.69) is 4.52 Å². The summed E-state index contributed by atoms with van der Waals surface area (Å²) >= 11 is 5.60. The summed E-state index contributed by atoms with van der Waals surface area (Å²) in [6.07, 6.45) is -10.4. The minimum absolute atomic E-state index is 0.113. The van der Waals surface area contributed by atoms with Crippen molar-refractivity contribution < 1.29 is 50.3 Å². The van der Waals surface area contributed by atoms with Crippen molar-refractivity contribution in [3.63, 3.8) is 0 Å². The van der Waals surface area contributed by atoms with Crippen LogP contribution in [-0.4, -0.2) is 20.3 Å². The van der Waals surface area contributed by atoms with Crippen LogP contribution in [0.15, 0.2) is 42.5 Å². The Bertz CT molecular complexity index is 892. The van der Waals surface area contributed by atoms with Crippen molar-refractivity contribution in [1.29, 1.82) is 0 Å². The fourth-order valence-electron chi connectivity index (χ4n) is 1.98. The van der Waals surface area contributed by atoms with Crippen molar-refractivity contribution in [3.8, 4) is 5.75 Å². The summed E-state index contributed by atoms with van der Waals surface area (Å²) in [5, 5.41) is 1.58. The zero-order chi connectivity index (χ0) is 22.3. The molecule has 2 aromatic carbocycles. The molecule has 0 aliphatic rings. The fraction of sp³-hybridized carbons (Fsp3) is 0.133. The number of anilines is 1. The topological polar surface area (TPSA) is 99.0 Å². The number of hydrogen-bond donors (Lipinski definition) is 4. The van der Waals surface area contributed by atoms with Gasteiger partial charge >= 0.3 is 163 Å². The molecule has 0 saturated carbocycles. The van der Waals surface area contributed by atoms with E-state index < -0.39 is 48.1 Å². The first-order chi connectivity index (χ1) is 13.0. The van der Waals surface area contributed by atoms with E-state index >= 15 is 0 Å². The summed E-state index contributed by atoms with van der Waals surface area (Å²) in [4.78, 5) is 41.5. The van der Waals surface area contributed by atoms with E-state index in [-0.39, 0.29) is 23.2 Å². The molecule has 0 fully saturated rings. The zero-order valence-electron chi connectivity index (χ0n) is 13.8. The van der Waals surface area contributed by atoms with Crippen LogP contribution in [0.1, 0.15) is 11.1 Å². The quantitative estimate of drug-likeness (QED) is 0.368. The zero-order valence-corrected chi connectivity index (χ0v) is 15.4. The van der Waals surface area contributed by atoms with Crippen LogP contribution in [0.3, 0.4) is 0 Å². The number of hydrogen-bond acceptors (Lipinski definition) is 5. The SMILES string of the molecule is O=C(Nc1cc(C(F)(F)F)cc(C(F)(F)F)c1)P(O)(O)(O)Oc1ccc(Cl)cc1. The molecule has 0 unspecified atom stereocenters. The Morgan fingerprint density at radius 2 is 1.34 bits per heavy atom. The van der Waals surface area contributed by atoms with Gasteiger partial charge < -0.3 is 0 Å². The molecule has 0 saturated heterocycles. The van der Waals surface area contributed by atoms with Crippen LogP contribution in [0, 0.1) is 0 Å². The van der Waals surface area contributed by atoms with Gasteiger partial charge in [-0.3, -0.25) is 0 Å². The van der Waals surface area contributed by atoms with Crippen LogP contribution in [0.5, 0.6) is 5.75 Å². The Balaban J connectivity index is 2.38. The second-order valence-electron chi connectivity index (χ2n) is 5.67. The van der Waals surface area contributed by atoms with Gasteiger partial charge in [-0.1, -0.05) is 0 Å². The van der Waals surface area contributed by atoms with Crippen molar-refractivity contribution in [2.45, 2.75) is 12.4 Å². The molecule has 4 N–H and O–H groups in total. The molecule has 0 bridgehead atoms. The third kappa shape index (κ3) is 5.94. The molecule has 1 amide bonds. The first-order valence-electron chi connectivity index (χ1n) is 7.29. The second-order valence-corrected chi connectivity index (χ2v) is 8.51. The molecule has 0 aliphatic heterocycles. The van der Waals surface area contributed by atoms with Gasteiger partial charge in [-0.15, -0.1) is 0 Å². The molecule has 0 heterocycles. The van der Waals surface area contributed by atoms with Crippen LogP contribution >= 0.6 is 19.1 Å². The van der Waals surface area contributed by atoms with Gasteiger partial charge in [0.25, 0.3) is 0 Å². The van der Waals surface area contributed by atoms with Gasteiger partial charge in [0.2, 0.25) is 0 Å². The second kappa shape index (κ2) is 7.29. The number of alkyl halides is 6. The summed E-state index contributed by atoms with van der Waals surface area (Å²) in [7, 11) is -6.72. The standard InChI is InChI=1S/C15H11ClF6NO5P/c16-10-1-3-12(4-2-10)28-29(25,26,27)13(24)23-11-6-8(14(17,18)19)5-9(7-11)15(20,21)22/h1-7,25-27H,(H,23,24). The predicted octanol–water partition coefficient (Wildman–Crippen LogP) is 5.18. The van der Waals surface area contributed by atoms with E-state index in [0.717, 1.165) is 12.1 Å². The molecule has 0 radical (unpaired) electrons. The molecule has 6 nitrogen and oxygen atoms in total. The van der Waals surface area contributed by atoms with Crippen molar-refractivity contribution in [3.05, 3.63) is 58.6 Å². The van der Waals surface area contributed by atoms with Gasteiger partial charge in [-0.2, -0.15) is 0 Å². The number of benzene rings is 2. The van der Waals surface area contributed by atoms with E-state index in [9.17, 15) is 45.8 Å². The van der Waals surface area contributed by atoms with Crippen LogP contribution in [-0.2, 0) is 12.4 Å². The van der Waals surface area contributed by atoms with Crippen LogP contribution in [0.4, 0.5) is 36.8 Å². The molecule has 0 aliphatic carbocycles. The molecular formula is C15H11ClF6NO5P. The predicted molar refractivity (Wildman–Crippen MR) is 91.1 cm³/mol. The number of halogens is 7. The molecule has 0 aromatic heterocycles. The number of carbonyl (C=O) groups excluding carboxylic acids is 1. The van der Waals surface area contributed by atoms with Crippen LogP contribution < -0.4 is 9.84 Å². The average Bonchev–Trinajstić information content (AvgIpc) is 2.54. The van der Waals surface area contributed by atoms with Gasteiger partial charge in [0, 0.05) is 0 Å². The summed E-state index contributed by atoms with van der Waals surface area (Å²) < 4.78 is 81.5. The maximum atomic E-state index is 12.8. The number of rotatable bonds is 4. The Morgan fingerprint density at radius 3 is 1.76 bits per heavy atom. The summed E-state index contributed by atoms with van der Waals surface area (Å²) in [6.45, 7) is 0. The van der Waals surface area contributed by atoms with E-state index in [0.29, 0.717) is 0 Å². The minimum atomic E-state index is -6.72. The van der Waals surface area contributed by atoms with Crippen molar-refractivity contribution in [2.75, 3.05) is 5.32 Å². The van der Waals surface area contributed by atoms with Crippen LogP contribution in [0.25, 0.3) is 0 Å². The molecule has 0 atom stereocenters. The van der Waals surface area contributed by atoms with E-state index in [4.69, 9.17) is 11.6 Å². The van der Waals surface area contributed by atoms with Gasteiger partial charge in [0.15, 0.2) is 0 Å². The van der Waals surface area contributed by atoms with Crippen molar-refractivity contribution in [2.24, 2.45) is 0 Å².